The van der Waals surface area contributed by atoms with E-state index in [9.17, 15) is 25.8 Å². The number of benzene rings is 2. The van der Waals surface area contributed by atoms with Crippen LogP contribution in [-0.2, 0) is 36.9 Å². The molecule has 9 atom stereocenters. The number of carbonyl (C=O) groups is 2. The van der Waals surface area contributed by atoms with Gasteiger partial charge in [0.25, 0.3) is 0 Å². The van der Waals surface area contributed by atoms with E-state index in [2.05, 4.69) is 30.1 Å². The van der Waals surface area contributed by atoms with E-state index >= 15 is 0 Å². The predicted molar refractivity (Wildman–Crippen MR) is 170 cm³/mol. The Balaban J connectivity index is 1.61. The summed E-state index contributed by atoms with van der Waals surface area (Å²) in [5, 5.41) is 22.6. The third kappa shape index (κ3) is 9.29. The zero-order valence-electron chi connectivity index (χ0n) is 26.6. The van der Waals surface area contributed by atoms with Gasteiger partial charge in [-0.1, -0.05) is 82.9 Å². The number of aliphatic hydroxyl groups excluding tert-OH is 1. The molecule has 1 aliphatic carbocycles. The molecule has 2 aromatic rings. The lowest BCUT2D eigenvalue weighted by atomic mass is 9.84. The van der Waals surface area contributed by atoms with E-state index in [0.29, 0.717) is 19.3 Å². The van der Waals surface area contributed by atoms with Crippen molar-refractivity contribution in [3.63, 3.8) is 0 Å². The fourth-order valence-corrected chi connectivity index (χ4v) is 6.15. The minimum atomic E-state index is -1.60. The number of nitrogens with zero attached hydrogens (tertiary/aromatic N) is 10. The summed E-state index contributed by atoms with van der Waals surface area (Å²) in [7, 11) is 0. The van der Waals surface area contributed by atoms with E-state index < -0.39 is 66.9 Å². The summed E-state index contributed by atoms with van der Waals surface area (Å²) in [5.41, 5.74) is 29.4. The number of amides is 1. The third-order valence-electron chi connectivity index (χ3n) is 8.36. The largest absolute Gasteiger partial charge is 0.459 e. The van der Waals surface area contributed by atoms with Gasteiger partial charge in [0.15, 0.2) is 6.29 Å². The van der Waals surface area contributed by atoms with E-state index in [1.54, 1.807) is 4.90 Å². The van der Waals surface area contributed by atoms with Crippen LogP contribution in [0.5, 0.6) is 0 Å². The molecule has 17 heteroatoms. The van der Waals surface area contributed by atoms with Crippen LogP contribution in [-0.4, -0.2) is 76.9 Å². The average Bonchev–Trinajstić information content (AvgIpc) is 3.09. The van der Waals surface area contributed by atoms with Crippen molar-refractivity contribution < 1.29 is 33.6 Å². The van der Waals surface area contributed by atoms with E-state index in [0.717, 1.165) is 18.1 Å². The molecule has 2 fully saturated rings. The van der Waals surface area contributed by atoms with E-state index in [1.807, 2.05) is 67.6 Å². The van der Waals surface area contributed by atoms with Crippen LogP contribution in [0.3, 0.4) is 0 Å². The number of esters is 1. The second kappa shape index (κ2) is 17.8. The van der Waals surface area contributed by atoms with Crippen molar-refractivity contribution in [3.05, 3.63) is 103 Å². The molecule has 1 N–H and O–H groups in total. The molecule has 1 aliphatic heterocycles. The molecule has 0 radical (unpaired) electrons. The van der Waals surface area contributed by atoms with Crippen molar-refractivity contribution >= 4 is 12.1 Å². The maximum atomic E-state index is 13.7. The SMILES string of the molecule is CC[C@H]([C@@H]1CC[C@@H](N=[N+]=[N-])[C@@H](O[C@H]2[C@H](O)[C@@H](OC(C)=O)[C@H](N=[N+]=[N-])C[C@@H]2N=[N+]=[N-])O1)N(Cc1ccccc1)C(=O)OCc1ccccc1. The van der Waals surface area contributed by atoms with Crippen molar-refractivity contribution in [1.29, 1.82) is 0 Å². The van der Waals surface area contributed by atoms with Gasteiger partial charge in [-0.05, 0) is 53.4 Å². The van der Waals surface area contributed by atoms with Gasteiger partial charge in [-0.2, -0.15) is 0 Å². The maximum absolute atomic E-state index is 13.7. The Morgan fingerprint density at radius 2 is 1.50 bits per heavy atom. The van der Waals surface area contributed by atoms with E-state index in [4.69, 9.17) is 24.5 Å². The fourth-order valence-electron chi connectivity index (χ4n) is 6.15. The van der Waals surface area contributed by atoms with Crippen molar-refractivity contribution in [1.82, 2.24) is 4.90 Å². The molecule has 0 bridgehead atoms. The molecule has 2 aromatic carbocycles. The van der Waals surface area contributed by atoms with Gasteiger partial charge < -0.3 is 24.1 Å². The summed E-state index contributed by atoms with van der Waals surface area (Å²) in [5.74, 6) is -0.734. The minimum Gasteiger partial charge on any atom is -0.459 e. The normalized spacial score (nSPS) is 27.1. The molecule has 1 amide bonds. The third-order valence-corrected chi connectivity index (χ3v) is 8.36. The van der Waals surface area contributed by atoms with Gasteiger partial charge in [0.05, 0.1) is 36.4 Å². The highest BCUT2D eigenvalue weighted by Crippen LogP contribution is 2.35. The first kappa shape index (κ1) is 35.8. The maximum Gasteiger partial charge on any atom is 0.410 e. The minimum absolute atomic E-state index is 0.0678. The van der Waals surface area contributed by atoms with Gasteiger partial charge in [-0.15, -0.1) is 0 Å². The van der Waals surface area contributed by atoms with Crippen molar-refractivity contribution in [2.45, 2.75) is 108 Å². The van der Waals surface area contributed by atoms with Crippen LogP contribution in [0.4, 0.5) is 4.79 Å². The number of rotatable bonds is 13. The van der Waals surface area contributed by atoms with Gasteiger partial charge in [0.2, 0.25) is 0 Å². The lowest BCUT2D eigenvalue weighted by molar-refractivity contribution is -0.261. The Morgan fingerprint density at radius 3 is 2.08 bits per heavy atom. The number of azide groups is 3. The monoisotopic (exact) mass is 662 g/mol. The molecule has 254 valence electrons. The van der Waals surface area contributed by atoms with E-state index in [-0.39, 0.29) is 19.6 Å². The van der Waals surface area contributed by atoms with Crippen molar-refractivity contribution in [3.8, 4) is 0 Å². The topological polar surface area (TPSA) is 241 Å². The number of carbonyl (C=O) groups excluding carboxylic acids is 2. The van der Waals surface area contributed by atoms with E-state index in [1.165, 1.54) is 0 Å². The van der Waals surface area contributed by atoms with Crippen LogP contribution in [0.2, 0.25) is 0 Å². The zero-order chi connectivity index (χ0) is 34.5. The zero-order valence-corrected chi connectivity index (χ0v) is 26.6. The Morgan fingerprint density at radius 1 is 0.917 bits per heavy atom. The summed E-state index contributed by atoms with van der Waals surface area (Å²) in [6, 6.07) is 15.3. The second-order valence-corrected chi connectivity index (χ2v) is 11.5. The summed E-state index contributed by atoms with van der Waals surface area (Å²) in [6.07, 6.45) is -5.59. The summed E-state index contributed by atoms with van der Waals surface area (Å²) < 4.78 is 23.7. The number of hydrogen-bond donors (Lipinski definition) is 1. The molecular formula is C31H38N10O7. The summed E-state index contributed by atoms with van der Waals surface area (Å²) in [6.45, 7) is 3.34. The van der Waals surface area contributed by atoms with Crippen LogP contribution >= 0.6 is 0 Å². The highest BCUT2D eigenvalue weighted by Gasteiger charge is 2.49. The number of aliphatic hydroxyl groups is 1. The highest BCUT2D eigenvalue weighted by atomic mass is 16.7. The lowest BCUT2D eigenvalue weighted by Gasteiger charge is -2.45. The Labute approximate surface area is 276 Å². The molecule has 4 rings (SSSR count). The van der Waals surface area contributed by atoms with Crippen LogP contribution in [0.1, 0.15) is 50.7 Å². The Bertz CT molecular complexity index is 1520. The first-order valence-corrected chi connectivity index (χ1v) is 15.6. The number of ether oxygens (including phenoxy) is 4. The molecule has 1 saturated carbocycles. The quantitative estimate of drug-likeness (QED) is 0.112. The molecule has 1 heterocycles. The highest BCUT2D eigenvalue weighted by molar-refractivity contribution is 5.68. The molecule has 0 spiro atoms. The van der Waals surface area contributed by atoms with Gasteiger partial charge in [-0.25, -0.2) is 4.79 Å². The van der Waals surface area contributed by atoms with Gasteiger partial charge in [0.1, 0.15) is 18.8 Å². The Kier molecular flexibility index (Phi) is 13.3. The molecule has 0 aromatic heterocycles. The first-order valence-electron chi connectivity index (χ1n) is 15.6. The summed E-state index contributed by atoms with van der Waals surface area (Å²) >= 11 is 0. The van der Waals surface area contributed by atoms with Crippen LogP contribution < -0.4 is 0 Å². The molecule has 2 aliphatic rings. The van der Waals surface area contributed by atoms with Gasteiger partial charge in [-0.3, -0.25) is 9.69 Å². The smallest absolute Gasteiger partial charge is 0.410 e. The molecule has 0 unspecified atom stereocenters. The first-order chi connectivity index (χ1) is 23.3. The molecule has 1 saturated heterocycles. The molecule has 17 nitrogen and oxygen atoms in total. The Hall–Kier alpha value is -5.01. The van der Waals surface area contributed by atoms with Crippen molar-refractivity contribution in [2.75, 3.05) is 0 Å². The molecule has 48 heavy (non-hydrogen) atoms. The van der Waals surface area contributed by atoms with Crippen molar-refractivity contribution in [2.24, 2.45) is 15.3 Å². The fraction of sp³-hybridized carbons (Fsp3) is 0.548. The van der Waals surface area contributed by atoms with Gasteiger partial charge >= 0.3 is 12.1 Å². The number of hydrogen-bond acceptors (Lipinski definition) is 10. The van der Waals surface area contributed by atoms with Crippen LogP contribution in [0.25, 0.3) is 31.3 Å². The summed E-state index contributed by atoms with van der Waals surface area (Å²) in [4.78, 5) is 35.7. The average molecular weight is 663 g/mol. The second-order valence-electron chi connectivity index (χ2n) is 11.5. The predicted octanol–water partition coefficient (Wildman–Crippen LogP) is 6.23. The van der Waals surface area contributed by atoms with Crippen LogP contribution in [0.15, 0.2) is 76.0 Å². The van der Waals surface area contributed by atoms with Crippen LogP contribution in [0, 0.1) is 0 Å². The molecular weight excluding hydrogens is 624 g/mol. The standard InChI is InChI=1S/C31H38N10O7/c1-3-25(41(17-20-10-6-4-7-11-20)31(44)45-18-21-12-8-5-9-13-21)26-15-14-22(35-38-32)30(47-26)48-29-24(37-40-34)16-23(36-39-33)28(27(29)43)46-19(2)42/h4-13,22-30,43H,3,14-18H2,1-2H3/t22-,23-,24+,25-,26+,27-,28+,29-,30-/m1/s1. The van der Waals surface area contributed by atoms with Gasteiger partial charge in [0, 0.05) is 28.2 Å². The lowest BCUT2D eigenvalue weighted by Crippen LogP contribution is -2.59.